The lowest BCUT2D eigenvalue weighted by atomic mass is 9.86. The number of nitrogens with zero attached hydrogens (tertiary/aromatic N) is 2. The lowest BCUT2D eigenvalue weighted by Gasteiger charge is -2.46. The van der Waals surface area contributed by atoms with E-state index in [0.29, 0.717) is 13.2 Å². The number of anilines is 1. The van der Waals surface area contributed by atoms with Gasteiger partial charge in [0.25, 0.3) is 0 Å². The first kappa shape index (κ1) is 20.9. The molecule has 0 amide bonds. The number of hydrogen-bond donors (Lipinski definition) is 2. The summed E-state index contributed by atoms with van der Waals surface area (Å²) in [5.74, 6) is 0.770. The second kappa shape index (κ2) is 9.20. The molecule has 4 rings (SSSR count). The van der Waals surface area contributed by atoms with Crippen LogP contribution < -0.4 is 15.4 Å². The van der Waals surface area contributed by atoms with Crippen LogP contribution in [0, 0.1) is 0 Å². The third-order valence-corrected chi connectivity index (χ3v) is 5.48. The summed E-state index contributed by atoms with van der Waals surface area (Å²) >= 11 is 0. The van der Waals surface area contributed by atoms with Crippen LogP contribution >= 0.6 is 0 Å². The zero-order valence-corrected chi connectivity index (χ0v) is 18.1. The highest BCUT2D eigenvalue weighted by atomic mass is 16.7. The van der Waals surface area contributed by atoms with Crippen molar-refractivity contribution in [3.05, 3.63) is 89.5 Å². The number of aliphatic imine (C=N–C) groups is 1. The number of benzene rings is 3. The minimum absolute atomic E-state index is 0.522. The number of ether oxygens (including phenoxy) is 1. The fraction of sp³-hybridized carbons (Fsp3) is 0.240. The average Bonchev–Trinajstić information content (AvgIpc) is 2.83. The number of fused-ring (bicyclic) bond motifs is 1. The summed E-state index contributed by atoms with van der Waals surface area (Å²) in [5, 5.41) is 8.89. The monoisotopic (exact) mass is 416 g/mol. The molecule has 2 N–H and O–H groups in total. The van der Waals surface area contributed by atoms with Gasteiger partial charge in [-0.25, -0.2) is 4.99 Å². The lowest BCUT2D eigenvalue weighted by Crippen LogP contribution is -2.57. The van der Waals surface area contributed by atoms with Crippen LogP contribution in [0.5, 0.6) is 5.75 Å². The van der Waals surface area contributed by atoms with Gasteiger partial charge in [-0.05, 0) is 36.8 Å². The third-order valence-electron chi connectivity index (χ3n) is 5.48. The Hall–Kier alpha value is -3.35. The van der Waals surface area contributed by atoms with Crippen LogP contribution in [0.25, 0.3) is 0 Å². The Balaban J connectivity index is 1.97. The zero-order chi connectivity index (χ0) is 21.7. The van der Waals surface area contributed by atoms with Gasteiger partial charge in [-0.1, -0.05) is 48.5 Å². The number of hydrogen-bond acceptors (Lipinski definition) is 6. The largest absolute Gasteiger partial charge is 0.497 e. The Morgan fingerprint density at radius 3 is 2.52 bits per heavy atom. The lowest BCUT2D eigenvalue weighted by molar-refractivity contribution is -0.224. The molecule has 160 valence electrons. The third kappa shape index (κ3) is 3.87. The first-order valence-corrected chi connectivity index (χ1v) is 10.4. The summed E-state index contributed by atoms with van der Waals surface area (Å²) in [5.41, 5.74) is 4.17. The molecule has 1 unspecified atom stereocenters. The van der Waals surface area contributed by atoms with Gasteiger partial charge in [-0.3, -0.25) is 4.84 Å². The SMILES string of the molecule is CCON(Cc1ccccc1)C1(c2cc(OC)ccc2NC)NC=Nc2ccccc21. The van der Waals surface area contributed by atoms with Crippen molar-refractivity contribution in [1.82, 2.24) is 10.4 Å². The molecule has 0 spiro atoms. The van der Waals surface area contributed by atoms with E-state index in [9.17, 15) is 0 Å². The zero-order valence-electron chi connectivity index (χ0n) is 18.1. The summed E-state index contributed by atoms with van der Waals surface area (Å²) < 4.78 is 5.59. The smallest absolute Gasteiger partial charge is 0.171 e. The molecule has 1 atom stereocenters. The predicted octanol–water partition coefficient (Wildman–Crippen LogP) is 4.65. The maximum atomic E-state index is 6.31. The number of hydroxylamine groups is 2. The maximum Gasteiger partial charge on any atom is 0.171 e. The van der Waals surface area contributed by atoms with Crippen molar-refractivity contribution in [2.24, 2.45) is 4.99 Å². The van der Waals surface area contributed by atoms with E-state index >= 15 is 0 Å². The molecule has 0 radical (unpaired) electrons. The topological polar surface area (TPSA) is 58.1 Å². The Morgan fingerprint density at radius 1 is 1.00 bits per heavy atom. The second-order valence-corrected chi connectivity index (χ2v) is 7.23. The van der Waals surface area contributed by atoms with E-state index in [0.717, 1.165) is 33.8 Å². The molecular formula is C25H28N4O2. The first-order chi connectivity index (χ1) is 15.2. The molecule has 0 aliphatic carbocycles. The fourth-order valence-electron chi connectivity index (χ4n) is 4.06. The van der Waals surface area contributed by atoms with Gasteiger partial charge in [0.1, 0.15) is 5.75 Å². The van der Waals surface area contributed by atoms with Crippen LogP contribution in [0.3, 0.4) is 0 Å². The summed E-state index contributed by atoms with van der Waals surface area (Å²) in [6, 6.07) is 24.5. The van der Waals surface area contributed by atoms with Crippen LogP contribution in [0.15, 0.2) is 77.8 Å². The van der Waals surface area contributed by atoms with E-state index in [1.54, 1.807) is 13.4 Å². The quantitative estimate of drug-likeness (QED) is 0.523. The Kier molecular flexibility index (Phi) is 6.21. The molecular weight excluding hydrogens is 388 g/mol. The van der Waals surface area contributed by atoms with E-state index < -0.39 is 5.66 Å². The van der Waals surface area contributed by atoms with Crippen molar-refractivity contribution in [3.63, 3.8) is 0 Å². The predicted molar refractivity (Wildman–Crippen MR) is 125 cm³/mol. The summed E-state index contributed by atoms with van der Waals surface area (Å²) in [6.07, 6.45) is 1.75. The van der Waals surface area contributed by atoms with Crippen molar-refractivity contribution < 1.29 is 9.57 Å². The molecule has 3 aromatic rings. The van der Waals surface area contributed by atoms with Gasteiger partial charge in [-0.2, -0.15) is 5.06 Å². The number of nitrogens with one attached hydrogen (secondary N) is 2. The van der Waals surface area contributed by atoms with Gasteiger partial charge in [0, 0.05) is 23.9 Å². The van der Waals surface area contributed by atoms with Gasteiger partial charge < -0.3 is 15.4 Å². The Morgan fingerprint density at radius 2 is 1.77 bits per heavy atom. The molecule has 1 aliphatic rings. The van der Waals surface area contributed by atoms with Crippen molar-refractivity contribution in [2.45, 2.75) is 19.1 Å². The molecule has 31 heavy (non-hydrogen) atoms. The number of methoxy groups -OCH3 is 1. The van der Waals surface area contributed by atoms with Gasteiger partial charge in [0.05, 0.1) is 32.3 Å². The number of rotatable bonds is 8. The van der Waals surface area contributed by atoms with E-state index in [4.69, 9.17) is 9.57 Å². The highest BCUT2D eigenvalue weighted by molar-refractivity contribution is 5.74. The molecule has 1 heterocycles. The first-order valence-electron chi connectivity index (χ1n) is 10.4. The second-order valence-electron chi connectivity index (χ2n) is 7.23. The molecule has 0 saturated carbocycles. The fourth-order valence-corrected chi connectivity index (χ4v) is 4.06. The minimum Gasteiger partial charge on any atom is -0.497 e. The average molecular weight is 417 g/mol. The van der Waals surface area contributed by atoms with Crippen LogP contribution in [0.1, 0.15) is 23.6 Å². The Bertz CT molecular complexity index is 1050. The normalized spacial score (nSPS) is 17.2. The van der Waals surface area contributed by atoms with Crippen molar-refractivity contribution >= 4 is 17.7 Å². The van der Waals surface area contributed by atoms with E-state index in [2.05, 4.69) is 33.8 Å². The molecule has 3 aromatic carbocycles. The maximum absolute atomic E-state index is 6.31. The van der Waals surface area contributed by atoms with E-state index in [-0.39, 0.29) is 0 Å². The standard InChI is InChI=1S/C25H28N4O2/c1-4-31-29(17-19-10-6-5-7-11-19)25(21-12-8-9-13-24(21)27-18-28-25)22-16-20(30-3)14-15-23(22)26-2/h5-16,18,26H,4,17H2,1-3H3,(H,27,28). The van der Waals surface area contributed by atoms with Crippen LogP contribution in [0.2, 0.25) is 0 Å². The number of para-hydroxylation sites is 1. The molecule has 0 fully saturated rings. The molecule has 0 saturated heterocycles. The molecule has 6 heteroatoms. The van der Waals surface area contributed by atoms with Gasteiger partial charge in [0.2, 0.25) is 0 Å². The van der Waals surface area contributed by atoms with Crippen LogP contribution in [0.4, 0.5) is 11.4 Å². The van der Waals surface area contributed by atoms with Crippen molar-refractivity contribution in [3.8, 4) is 5.75 Å². The highest BCUT2D eigenvalue weighted by Gasteiger charge is 2.46. The summed E-state index contributed by atoms with van der Waals surface area (Å²) in [7, 11) is 3.60. The Labute approximate surface area is 183 Å². The molecule has 0 aromatic heterocycles. The van der Waals surface area contributed by atoms with Crippen molar-refractivity contribution in [2.75, 3.05) is 26.1 Å². The van der Waals surface area contributed by atoms with Gasteiger partial charge in [0.15, 0.2) is 5.66 Å². The van der Waals surface area contributed by atoms with Crippen LogP contribution in [-0.4, -0.2) is 32.2 Å². The van der Waals surface area contributed by atoms with Crippen LogP contribution in [-0.2, 0) is 17.0 Å². The minimum atomic E-state index is -0.822. The highest BCUT2D eigenvalue weighted by Crippen LogP contribution is 2.45. The summed E-state index contributed by atoms with van der Waals surface area (Å²) in [6.45, 7) is 3.09. The summed E-state index contributed by atoms with van der Waals surface area (Å²) in [4.78, 5) is 10.9. The molecule has 6 nitrogen and oxygen atoms in total. The van der Waals surface area contributed by atoms with Crippen molar-refractivity contribution in [1.29, 1.82) is 0 Å². The van der Waals surface area contributed by atoms with Gasteiger partial charge in [-0.15, -0.1) is 0 Å². The van der Waals surface area contributed by atoms with E-state index in [1.807, 2.05) is 73.6 Å². The van der Waals surface area contributed by atoms with Gasteiger partial charge >= 0.3 is 0 Å². The molecule has 1 aliphatic heterocycles. The molecule has 0 bridgehead atoms. The van der Waals surface area contributed by atoms with E-state index in [1.165, 1.54) is 0 Å².